The summed E-state index contributed by atoms with van der Waals surface area (Å²) in [6.45, 7) is 4.16. The Kier molecular flexibility index (Phi) is 2.63. The van der Waals surface area contributed by atoms with Gasteiger partial charge in [0.05, 0.1) is 0 Å². The standard InChI is InChI=1S/C16H14N4S/c1-9-3-4-12(7-10(9)2)14-13(8-17)20-16(18-14)21-15(19-20)11-5-6-11/h3-4,7,11H,5-6H2,1-2H3. The van der Waals surface area contributed by atoms with E-state index in [2.05, 4.69) is 42.1 Å². The summed E-state index contributed by atoms with van der Waals surface area (Å²) in [5, 5.41) is 15.2. The second-order valence-electron chi connectivity index (χ2n) is 5.63. The van der Waals surface area contributed by atoms with E-state index in [0.717, 1.165) is 21.2 Å². The molecule has 0 atom stereocenters. The van der Waals surface area contributed by atoms with Gasteiger partial charge in [-0.3, -0.25) is 0 Å². The smallest absolute Gasteiger partial charge is 0.214 e. The first kappa shape index (κ1) is 12.5. The number of rotatable bonds is 2. The lowest BCUT2D eigenvalue weighted by molar-refractivity contribution is 0.893. The van der Waals surface area contributed by atoms with Crippen LogP contribution in [0.5, 0.6) is 0 Å². The first-order chi connectivity index (χ1) is 10.2. The Bertz CT molecular complexity index is 893. The van der Waals surface area contributed by atoms with Crippen LogP contribution in [0.2, 0.25) is 0 Å². The summed E-state index contributed by atoms with van der Waals surface area (Å²) in [4.78, 5) is 5.47. The minimum absolute atomic E-state index is 0.538. The van der Waals surface area contributed by atoms with Gasteiger partial charge in [-0.2, -0.15) is 14.9 Å². The van der Waals surface area contributed by atoms with Crippen molar-refractivity contribution in [2.45, 2.75) is 32.6 Å². The molecule has 21 heavy (non-hydrogen) atoms. The summed E-state index contributed by atoms with van der Waals surface area (Å²) in [5.74, 6) is 0.591. The largest absolute Gasteiger partial charge is 0.216 e. The van der Waals surface area contributed by atoms with Gasteiger partial charge in [-0.1, -0.05) is 23.5 Å². The molecule has 2 aromatic heterocycles. The molecule has 0 radical (unpaired) electrons. The van der Waals surface area contributed by atoms with Gasteiger partial charge in [0.15, 0.2) is 5.69 Å². The molecule has 0 N–H and O–H groups in total. The van der Waals surface area contributed by atoms with Crippen molar-refractivity contribution in [2.75, 3.05) is 0 Å². The van der Waals surface area contributed by atoms with Gasteiger partial charge in [-0.05, 0) is 43.9 Å². The van der Waals surface area contributed by atoms with Crippen molar-refractivity contribution in [1.82, 2.24) is 14.6 Å². The number of hydrogen-bond donors (Lipinski definition) is 0. The highest BCUT2D eigenvalue weighted by Gasteiger charge is 2.29. The molecule has 2 heterocycles. The van der Waals surface area contributed by atoms with E-state index in [0.29, 0.717) is 11.6 Å². The van der Waals surface area contributed by atoms with Crippen molar-refractivity contribution < 1.29 is 0 Å². The normalized spacial score (nSPS) is 14.5. The molecule has 1 aliphatic rings. The fourth-order valence-electron chi connectivity index (χ4n) is 2.45. The van der Waals surface area contributed by atoms with Crippen molar-refractivity contribution in [3.63, 3.8) is 0 Å². The molecule has 0 spiro atoms. The fraction of sp³-hybridized carbons (Fsp3) is 0.312. The third-order valence-corrected chi connectivity index (χ3v) is 5.10. The van der Waals surface area contributed by atoms with Crippen LogP contribution in [0.15, 0.2) is 18.2 Å². The monoisotopic (exact) mass is 294 g/mol. The van der Waals surface area contributed by atoms with Crippen molar-refractivity contribution in [2.24, 2.45) is 0 Å². The molecule has 5 heteroatoms. The number of aromatic nitrogens is 3. The molecule has 1 fully saturated rings. The predicted octanol–water partition coefficient (Wildman–Crippen LogP) is 3.82. The van der Waals surface area contributed by atoms with Gasteiger partial charge in [0.2, 0.25) is 4.96 Å². The number of fused-ring (bicyclic) bond motifs is 1. The molecule has 4 rings (SSSR count). The van der Waals surface area contributed by atoms with Crippen LogP contribution in [0.1, 0.15) is 40.6 Å². The molecule has 1 aromatic carbocycles. The number of nitriles is 1. The van der Waals surface area contributed by atoms with E-state index in [1.165, 1.54) is 24.0 Å². The highest BCUT2D eigenvalue weighted by atomic mass is 32.1. The lowest BCUT2D eigenvalue weighted by Gasteiger charge is -2.03. The molecule has 0 amide bonds. The first-order valence-electron chi connectivity index (χ1n) is 7.04. The molecular weight excluding hydrogens is 280 g/mol. The van der Waals surface area contributed by atoms with Gasteiger partial charge < -0.3 is 0 Å². The summed E-state index contributed by atoms with van der Waals surface area (Å²) < 4.78 is 1.71. The highest BCUT2D eigenvalue weighted by Crippen LogP contribution is 2.42. The average molecular weight is 294 g/mol. The van der Waals surface area contributed by atoms with Gasteiger partial charge in [0, 0.05) is 11.5 Å². The van der Waals surface area contributed by atoms with Crippen LogP contribution in [0.4, 0.5) is 0 Å². The van der Waals surface area contributed by atoms with Crippen molar-refractivity contribution in [3.05, 3.63) is 40.0 Å². The minimum Gasteiger partial charge on any atom is -0.216 e. The van der Waals surface area contributed by atoms with Crippen LogP contribution < -0.4 is 0 Å². The van der Waals surface area contributed by atoms with Gasteiger partial charge in [0.25, 0.3) is 0 Å². The van der Waals surface area contributed by atoms with Crippen LogP contribution in [-0.4, -0.2) is 14.6 Å². The maximum absolute atomic E-state index is 9.51. The van der Waals surface area contributed by atoms with E-state index in [9.17, 15) is 5.26 Å². The summed E-state index contributed by atoms with van der Waals surface area (Å²) in [5.41, 5.74) is 4.71. The zero-order valence-corrected chi connectivity index (χ0v) is 12.7. The number of benzene rings is 1. The Hall–Kier alpha value is -2.19. The fourth-order valence-corrected chi connectivity index (χ4v) is 3.52. The SMILES string of the molecule is Cc1ccc(-c2nc3sc(C4CC4)nn3c2C#N)cc1C. The molecule has 4 nitrogen and oxygen atoms in total. The second-order valence-corrected chi connectivity index (χ2v) is 6.62. The maximum atomic E-state index is 9.51. The van der Waals surface area contributed by atoms with Crippen molar-refractivity contribution in [1.29, 1.82) is 5.26 Å². The topological polar surface area (TPSA) is 54.0 Å². The lowest BCUT2D eigenvalue weighted by Crippen LogP contribution is -1.92. The third kappa shape index (κ3) is 1.95. The van der Waals surface area contributed by atoms with Gasteiger partial charge in [-0.15, -0.1) is 0 Å². The maximum Gasteiger partial charge on any atom is 0.214 e. The number of imidazole rings is 1. The van der Waals surface area contributed by atoms with Crippen molar-refractivity contribution in [3.8, 4) is 17.3 Å². The van der Waals surface area contributed by atoms with Crippen LogP contribution in [0.25, 0.3) is 16.2 Å². The van der Waals surface area contributed by atoms with Crippen LogP contribution in [-0.2, 0) is 0 Å². The molecule has 0 aliphatic heterocycles. The Morgan fingerprint density at radius 1 is 1.29 bits per heavy atom. The van der Waals surface area contributed by atoms with E-state index >= 15 is 0 Å². The molecule has 104 valence electrons. The quantitative estimate of drug-likeness (QED) is 0.722. The molecule has 0 bridgehead atoms. The second kappa shape index (κ2) is 4.40. The Morgan fingerprint density at radius 3 is 2.76 bits per heavy atom. The van der Waals surface area contributed by atoms with Gasteiger partial charge in [0.1, 0.15) is 16.8 Å². The summed E-state index contributed by atoms with van der Waals surface area (Å²) >= 11 is 1.61. The van der Waals surface area contributed by atoms with Crippen LogP contribution >= 0.6 is 11.3 Å². The highest BCUT2D eigenvalue weighted by molar-refractivity contribution is 7.16. The molecule has 0 saturated heterocycles. The van der Waals surface area contributed by atoms with E-state index in [1.54, 1.807) is 15.9 Å². The van der Waals surface area contributed by atoms with Crippen LogP contribution in [0.3, 0.4) is 0 Å². The number of nitrogens with zero attached hydrogens (tertiary/aromatic N) is 4. The lowest BCUT2D eigenvalue weighted by atomic mass is 10.0. The summed E-state index contributed by atoms with van der Waals surface area (Å²) in [6, 6.07) is 8.45. The third-order valence-electron chi connectivity index (χ3n) is 4.03. The Labute approximate surface area is 126 Å². The molecule has 0 unspecified atom stereocenters. The minimum atomic E-state index is 0.538. The molecule has 1 aliphatic carbocycles. The summed E-state index contributed by atoms with van der Waals surface area (Å²) in [7, 11) is 0. The van der Waals surface area contributed by atoms with Crippen molar-refractivity contribution >= 4 is 16.3 Å². The van der Waals surface area contributed by atoms with Gasteiger partial charge in [-0.25, -0.2) is 4.98 Å². The zero-order valence-electron chi connectivity index (χ0n) is 11.9. The zero-order chi connectivity index (χ0) is 14.6. The van der Waals surface area contributed by atoms with E-state index in [1.807, 2.05) is 6.07 Å². The Balaban J connectivity index is 1.90. The van der Waals surface area contributed by atoms with E-state index in [4.69, 9.17) is 0 Å². The Morgan fingerprint density at radius 2 is 2.10 bits per heavy atom. The average Bonchev–Trinajstić information content (AvgIpc) is 3.15. The first-order valence-corrected chi connectivity index (χ1v) is 7.86. The molecule has 1 saturated carbocycles. The van der Waals surface area contributed by atoms with Crippen LogP contribution in [0, 0.1) is 25.2 Å². The molecular formula is C16H14N4S. The number of hydrogen-bond acceptors (Lipinski definition) is 4. The van der Waals surface area contributed by atoms with E-state index < -0.39 is 0 Å². The summed E-state index contributed by atoms with van der Waals surface area (Å²) in [6.07, 6.45) is 2.42. The van der Waals surface area contributed by atoms with Gasteiger partial charge >= 0.3 is 0 Å². The molecule has 3 aromatic rings. The van der Waals surface area contributed by atoms with E-state index in [-0.39, 0.29) is 0 Å². The predicted molar refractivity (Wildman–Crippen MR) is 82.5 cm³/mol. The number of aryl methyl sites for hydroxylation is 2.